The molecule has 76 valence electrons. The van der Waals surface area contributed by atoms with Gasteiger partial charge in [-0.15, -0.1) is 0 Å². The second-order valence-corrected chi connectivity index (χ2v) is 22.5. The van der Waals surface area contributed by atoms with E-state index in [9.17, 15) is 0 Å². The Morgan fingerprint density at radius 1 is 0.667 bits per heavy atom. The van der Waals surface area contributed by atoms with E-state index in [2.05, 4.69) is 34.6 Å². The van der Waals surface area contributed by atoms with Crippen LogP contribution in [0.25, 0.3) is 0 Å². The fourth-order valence-electron chi connectivity index (χ4n) is 2.61. The summed E-state index contributed by atoms with van der Waals surface area (Å²) in [5.41, 5.74) is 0. The average Bonchev–Trinajstić information content (AvgIpc) is 2.16. The van der Waals surface area contributed by atoms with Crippen molar-refractivity contribution in [2.24, 2.45) is 0 Å². The van der Waals surface area contributed by atoms with Gasteiger partial charge in [-0.05, 0) is 0 Å². The van der Waals surface area contributed by atoms with E-state index in [1.165, 1.54) is 6.42 Å². The molecule has 0 aliphatic heterocycles. The summed E-state index contributed by atoms with van der Waals surface area (Å²) >= 11 is -2.02. The molecular formula is C11H27Nb. The van der Waals surface area contributed by atoms with Crippen LogP contribution < -0.4 is 0 Å². The molecule has 0 atom stereocenters. The zero-order chi connectivity index (χ0) is 9.69. The predicted octanol–water partition coefficient (Wildman–Crippen LogP) is 5.26. The van der Waals surface area contributed by atoms with Crippen LogP contribution in [0.3, 0.4) is 0 Å². The third-order valence-corrected chi connectivity index (χ3v) is 26.2. The first-order valence-corrected chi connectivity index (χ1v) is 13.4. The van der Waals surface area contributed by atoms with Gasteiger partial charge in [0, 0.05) is 0 Å². The molecule has 0 aliphatic rings. The maximum atomic E-state index is 2.45. The number of rotatable bonds is 6. The second-order valence-electron chi connectivity index (χ2n) is 4.22. The van der Waals surface area contributed by atoms with Crippen LogP contribution in [0.15, 0.2) is 0 Å². The Hall–Kier alpha value is 0.740. The molecule has 0 N–H and O–H groups in total. The third kappa shape index (κ3) is 2.16. The SMILES string of the molecule is CC[CH2][Nb]([CH2]C)([CH2]C)([CH2]C)[CH2]C. The van der Waals surface area contributed by atoms with Crippen LogP contribution >= 0.6 is 0 Å². The van der Waals surface area contributed by atoms with Crippen molar-refractivity contribution in [1.29, 1.82) is 0 Å². The topological polar surface area (TPSA) is 0 Å². The molecule has 0 aromatic carbocycles. The van der Waals surface area contributed by atoms with E-state index in [1.807, 2.05) is 0 Å². The molecular weight excluding hydrogens is 225 g/mol. The summed E-state index contributed by atoms with van der Waals surface area (Å²) in [6, 6.07) is 0. The first kappa shape index (κ1) is 12.7. The van der Waals surface area contributed by atoms with Gasteiger partial charge < -0.3 is 0 Å². The second kappa shape index (κ2) is 4.83. The van der Waals surface area contributed by atoms with Gasteiger partial charge in [0.15, 0.2) is 0 Å². The third-order valence-electron chi connectivity index (χ3n) is 4.43. The molecule has 0 saturated heterocycles. The van der Waals surface area contributed by atoms with Crippen molar-refractivity contribution < 1.29 is 15.8 Å². The zero-order valence-electron chi connectivity index (χ0n) is 9.69. The fraction of sp³-hybridized carbons (Fsp3) is 1.00. The van der Waals surface area contributed by atoms with Gasteiger partial charge in [0.2, 0.25) is 0 Å². The van der Waals surface area contributed by atoms with Crippen LogP contribution in [0.5, 0.6) is 0 Å². The minimum absolute atomic E-state index is 1.42. The Kier molecular flexibility index (Phi) is 5.13. The molecule has 0 heterocycles. The zero-order valence-corrected chi connectivity index (χ0v) is 11.9. The summed E-state index contributed by atoms with van der Waals surface area (Å²) in [6.45, 7) is 12.2. The summed E-state index contributed by atoms with van der Waals surface area (Å²) < 4.78 is 7.79. The molecule has 0 radical (unpaired) electrons. The van der Waals surface area contributed by atoms with E-state index in [0.717, 1.165) is 0 Å². The monoisotopic (exact) mass is 252 g/mol. The predicted molar refractivity (Wildman–Crippen MR) is 57.0 cm³/mol. The van der Waals surface area contributed by atoms with Crippen LogP contribution in [-0.4, -0.2) is 0 Å². The molecule has 0 bridgehead atoms. The van der Waals surface area contributed by atoms with Crippen LogP contribution in [0.2, 0.25) is 23.2 Å². The van der Waals surface area contributed by atoms with Crippen LogP contribution in [0.1, 0.15) is 41.0 Å². The average molecular weight is 252 g/mol. The quantitative estimate of drug-likeness (QED) is 0.566. The first-order chi connectivity index (χ1) is 5.62. The van der Waals surface area contributed by atoms with Gasteiger partial charge in [0.25, 0.3) is 0 Å². The molecule has 0 aliphatic carbocycles. The molecule has 0 aromatic rings. The summed E-state index contributed by atoms with van der Waals surface area (Å²) in [5.74, 6) is 0. The summed E-state index contributed by atoms with van der Waals surface area (Å²) in [4.78, 5) is 0. The molecule has 0 aromatic heterocycles. The molecule has 0 saturated carbocycles. The van der Waals surface area contributed by atoms with Crippen LogP contribution in [0, 0.1) is 0 Å². The molecule has 0 spiro atoms. The minimum atomic E-state index is -2.02. The van der Waals surface area contributed by atoms with Gasteiger partial charge in [-0.25, -0.2) is 0 Å². The van der Waals surface area contributed by atoms with Gasteiger partial charge in [-0.3, -0.25) is 0 Å². The molecule has 0 nitrogen and oxygen atoms in total. The van der Waals surface area contributed by atoms with Crippen molar-refractivity contribution in [3.63, 3.8) is 0 Å². The Balaban J connectivity index is 4.70. The van der Waals surface area contributed by atoms with E-state index in [-0.39, 0.29) is 0 Å². The van der Waals surface area contributed by atoms with Crippen molar-refractivity contribution in [3.8, 4) is 0 Å². The van der Waals surface area contributed by atoms with E-state index >= 15 is 0 Å². The van der Waals surface area contributed by atoms with Crippen molar-refractivity contribution in [3.05, 3.63) is 0 Å². The molecule has 0 unspecified atom stereocenters. The fourth-order valence-corrected chi connectivity index (χ4v) is 15.4. The Labute approximate surface area is 80.1 Å². The van der Waals surface area contributed by atoms with E-state index < -0.39 is 15.8 Å². The van der Waals surface area contributed by atoms with Crippen molar-refractivity contribution in [1.82, 2.24) is 0 Å². The number of hydrogen-bond acceptors (Lipinski definition) is 0. The van der Waals surface area contributed by atoms with Crippen LogP contribution in [-0.2, 0) is 15.8 Å². The van der Waals surface area contributed by atoms with Crippen molar-refractivity contribution in [2.45, 2.75) is 64.2 Å². The van der Waals surface area contributed by atoms with Gasteiger partial charge >= 0.3 is 80.0 Å². The Bertz CT molecular complexity index is 101. The summed E-state index contributed by atoms with van der Waals surface area (Å²) in [5, 5.41) is 0. The summed E-state index contributed by atoms with van der Waals surface area (Å²) in [6.07, 6.45) is 1.42. The van der Waals surface area contributed by atoms with E-state index in [0.29, 0.717) is 0 Å². The van der Waals surface area contributed by atoms with E-state index in [1.54, 1.807) is 23.2 Å². The van der Waals surface area contributed by atoms with Gasteiger partial charge in [-0.2, -0.15) is 0 Å². The summed E-state index contributed by atoms with van der Waals surface area (Å²) in [7, 11) is 0. The standard InChI is InChI=1S/C3H7.4C2H5.Nb/c1-3-2;4*1-2;/h1,3H2,2H3;4*1H2,2H3;. The van der Waals surface area contributed by atoms with Gasteiger partial charge in [0.05, 0.1) is 0 Å². The maximum absolute atomic E-state index is 2.45. The first-order valence-electron chi connectivity index (χ1n) is 5.62. The Morgan fingerprint density at radius 2 is 1.00 bits per heavy atom. The molecule has 0 amide bonds. The molecule has 1 heteroatoms. The van der Waals surface area contributed by atoms with Crippen molar-refractivity contribution in [2.75, 3.05) is 0 Å². The number of hydrogen-bond donors (Lipinski definition) is 0. The molecule has 0 fully saturated rings. The van der Waals surface area contributed by atoms with Crippen molar-refractivity contribution >= 4 is 0 Å². The van der Waals surface area contributed by atoms with Crippen LogP contribution in [0.4, 0.5) is 0 Å². The van der Waals surface area contributed by atoms with E-state index in [4.69, 9.17) is 0 Å². The molecule has 12 heavy (non-hydrogen) atoms. The van der Waals surface area contributed by atoms with Gasteiger partial charge in [0.1, 0.15) is 0 Å². The molecule has 0 rings (SSSR count). The normalized spacial score (nSPS) is 15.6. The van der Waals surface area contributed by atoms with Gasteiger partial charge in [-0.1, -0.05) is 0 Å². The Morgan fingerprint density at radius 3 is 1.08 bits per heavy atom.